The van der Waals surface area contributed by atoms with Crippen LogP contribution in [0.1, 0.15) is 27.6 Å². The van der Waals surface area contributed by atoms with Gasteiger partial charge in [-0.2, -0.15) is 4.98 Å². The predicted molar refractivity (Wildman–Crippen MR) is 64.5 cm³/mol. The van der Waals surface area contributed by atoms with Gasteiger partial charge < -0.3 is 15.6 Å². The van der Waals surface area contributed by atoms with Crippen LogP contribution in [0.3, 0.4) is 0 Å². The zero-order valence-corrected chi connectivity index (χ0v) is 10.0. The molecule has 2 aromatic rings. The van der Waals surface area contributed by atoms with Gasteiger partial charge in [-0.3, -0.25) is 4.79 Å². The van der Waals surface area contributed by atoms with Gasteiger partial charge in [-0.15, -0.1) is 0 Å². The van der Waals surface area contributed by atoms with E-state index < -0.39 is 5.91 Å². The van der Waals surface area contributed by atoms with E-state index in [0.717, 1.165) is 5.56 Å². The summed E-state index contributed by atoms with van der Waals surface area (Å²) in [6.45, 7) is 2.85. The Kier molecular flexibility index (Phi) is 3.69. The number of carbonyl (C=O) groups is 1. The van der Waals surface area contributed by atoms with Crippen LogP contribution in [0.4, 0.5) is 0 Å². The Labute approximate surface area is 104 Å². The number of carbonyl (C=O) groups excluding carboxylic acids is 1. The second kappa shape index (κ2) is 5.42. The molecule has 0 aliphatic carbocycles. The summed E-state index contributed by atoms with van der Waals surface area (Å²) < 4.78 is 4.97. The van der Waals surface area contributed by atoms with Crippen molar-refractivity contribution in [3.05, 3.63) is 47.1 Å². The molecule has 6 nitrogen and oxygen atoms in total. The van der Waals surface area contributed by atoms with Gasteiger partial charge in [0.05, 0.1) is 6.54 Å². The summed E-state index contributed by atoms with van der Waals surface area (Å²) >= 11 is 0. The SMILES string of the molecule is Cc1noc(CNCc2cccc(C(N)=O)c2)n1. The molecule has 0 aliphatic heterocycles. The fraction of sp³-hybridized carbons (Fsp3) is 0.250. The standard InChI is InChI=1S/C12H14N4O2/c1-8-15-11(18-16-8)7-14-6-9-3-2-4-10(5-9)12(13)17/h2-5,14H,6-7H2,1H3,(H2,13,17). The predicted octanol–water partition coefficient (Wildman–Crippen LogP) is 0.767. The summed E-state index contributed by atoms with van der Waals surface area (Å²) in [5.74, 6) is 0.727. The quantitative estimate of drug-likeness (QED) is 0.812. The monoisotopic (exact) mass is 246 g/mol. The second-order valence-corrected chi connectivity index (χ2v) is 3.90. The minimum absolute atomic E-state index is 0.427. The Morgan fingerprint density at radius 1 is 1.44 bits per heavy atom. The summed E-state index contributed by atoms with van der Waals surface area (Å²) in [6, 6.07) is 7.16. The van der Waals surface area contributed by atoms with Crippen molar-refractivity contribution in [1.82, 2.24) is 15.5 Å². The summed E-state index contributed by atoms with van der Waals surface area (Å²) in [4.78, 5) is 15.1. The first-order valence-electron chi connectivity index (χ1n) is 5.54. The van der Waals surface area contributed by atoms with Gasteiger partial charge in [0.1, 0.15) is 0 Å². The normalized spacial score (nSPS) is 10.5. The highest BCUT2D eigenvalue weighted by Gasteiger charge is 2.03. The molecule has 18 heavy (non-hydrogen) atoms. The van der Waals surface area contributed by atoms with Crippen molar-refractivity contribution in [3.8, 4) is 0 Å². The number of nitrogens with two attached hydrogens (primary N) is 1. The number of rotatable bonds is 5. The first-order valence-corrected chi connectivity index (χ1v) is 5.54. The zero-order chi connectivity index (χ0) is 13.0. The van der Waals surface area contributed by atoms with Crippen molar-refractivity contribution in [2.24, 2.45) is 5.73 Å². The molecule has 0 fully saturated rings. The van der Waals surface area contributed by atoms with Crippen molar-refractivity contribution < 1.29 is 9.32 Å². The van der Waals surface area contributed by atoms with Gasteiger partial charge in [0.15, 0.2) is 5.82 Å². The van der Waals surface area contributed by atoms with Crippen LogP contribution in [-0.4, -0.2) is 16.0 Å². The average Bonchev–Trinajstić information content (AvgIpc) is 2.75. The van der Waals surface area contributed by atoms with E-state index in [1.165, 1.54) is 0 Å². The van der Waals surface area contributed by atoms with Crippen molar-refractivity contribution in [1.29, 1.82) is 0 Å². The van der Waals surface area contributed by atoms with Crippen LogP contribution in [0, 0.1) is 6.92 Å². The molecule has 2 rings (SSSR count). The lowest BCUT2D eigenvalue weighted by Crippen LogP contribution is -2.15. The number of nitrogens with one attached hydrogen (secondary N) is 1. The van der Waals surface area contributed by atoms with E-state index >= 15 is 0 Å². The van der Waals surface area contributed by atoms with Crippen molar-refractivity contribution in [3.63, 3.8) is 0 Å². The number of amides is 1. The summed E-state index contributed by atoms with van der Waals surface area (Å²) in [7, 11) is 0. The number of aryl methyl sites for hydroxylation is 1. The Morgan fingerprint density at radius 2 is 2.28 bits per heavy atom. The molecule has 1 amide bonds. The molecule has 0 bridgehead atoms. The second-order valence-electron chi connectivity index (χ2n) is 3.90. The molecular formula is C12H14N4O2. The van der Waals surface area contributed by atoms with Gasteiger partial charge in [0, 0.05) is 12.1 Å². The molecule has 0 unspecified atom stereocenters. The maximum atomic E-state index is 11.0. The number of nitrogens with zero attached hydrogens (tertiary/aromatic N) is 2. The van der Waals surface area contributed by atoms with E-state index in [1.807, 2.05) is 6.07 Å². The topological polar surface area (TPSA) is 94.0 Å². The summed E-state index contributed by atoms with van der Waals surface area (Å²) in [5.41, 5.74) is 6.69. The van der Waals surface area contributed by atoms with E-state index in [-0.39, 0.29) is 0 Å². The number of hydrogen-bond acceptors (Lipinski definition) is 5. The van der Waals surface area contributed by atoms with Crippen LogP contribution >= 0.6 is 0 Å². The Bertz CT molecular complexity index is 551. The molecule has 94 valence electrons. The maximum absolute atomic E-state index is 11.0. The summed E-state index contributed by atoms with van der Waals surface area (Å²) in [6.07, 6.45) is 0. The molecular weight excluding hydrogens is 232 g/mol. The number of hydrogen-bond donors (Lipinski definition) is 2. The number of benzene rings is 1. The van der Waals surface area contributed by atoms with Crippen LogP contribution in [0.25, 0.3) is 0 Å². The van der Waals surface area contributed by atoms with Crippen LogP contribution < -0.4 is 11.1 Å². The number of aromatic nitrogens is 2. The van der Waals surface area contributed by atoms with Gasteiger partial charge in [0.25, 0.3) is 0 Å². The smallest absolute Gasteiger partial charge is 0.248 e. The van der Waals surface area contributed by atoms with Gasteiger partial charge in [-0.1, -0.05) is 17.3 Å². The molecule has 1 aromatic carbocycles. The van der Waals surface area contributed by atoms with Crippen molar-refractivity contribution in [2.45, 2.75) is 20.0 Å². The molecule has 0 atom stereocenters. The van der Waals surface area contributed by atoms with Gasteiger partial charge >= 0.3 is 0 Å². The number of primary amides is 1. The highest BCUT2D eigenvalue weighted by Crippen LogP contribution is 2.05. The average molecular weight is 246 g/mol. The largest absolute Gasteiger partial charge is 0.366 e. The van der Waals surface area contributed by atoms with Crippen LogP contribution in [0.5, 0.6) is 0 Å². The Balaban J connectivity index is 1.90. The first-order chi connectivity index (χ1) is 8.65. The van der Waals surface area contributed by atoms with E-state index in [4.69, 9.17) is 10.3 Å². The van der Waals surface area contributed by atoms with Crippen LogP contribution in [0.2, 0.25) is 0 Å². The zero-order valence-electron chi connectivity index (χ0n) is 10.0. The third-order valence-electron chi connectivity index (χ3n) is 2.39. The molecule has 3 N–H and O–H groups in total. The van der Waals surface area contributed by atoms with E-state index in [2.05, 4.69) is 15.5 Å². The van der Waals surface area contributed by atoms with Crippen LogP contribution in [-0.2, 0) is 13.1 Å². The lowest BCUT2D eigenvalue weighted by molar-refractivity contribution is 0.1000. The Hall–Kier alpha value is -2.21. The van der Waals surface area contributed by atoms with E-state index in [0.29, 0.717) is 30.4 Å². The van der Waals surface area contributed by atoms with Gasteiger partial charge in [-0.25, -0.2) is 0 Å². The molecule has 0 spiro atoms. The molecule has 0 saturated heterocycles. The minimum Gasteiger partial charge on any atom is -0.366 e. The Morgan fingerprint density at radius 3 is 2.94 bits per heavy atom. The van der Waals surface area contributed by atoms with Gasteiger partial charge in [-0.05, 0) is 24.6 Å². The fourth-order valence-electron chi connectivity index (χ4n) is 1.56. The van der Waals surface area contributed by atoms with Gasteiger partial charge in [0.2, 0.25) is 11.8 Å². The molecule has 1 aromatic heterocycles. The van der Waals surface area contributed by atoms with E-state index in [1.54, 1.807) is 25.1 Å². The third-order valence-corrected chi connectivity index (χ3v) is 2.39. The molecule has 0 radical (unpaired) electrons. The molecule has 6 heteroatoms. The maximum Gasteiger partial charge on any atom is 0.248 e. The van der Waals surface area contributed by atoms with E-state index in [9.17, 15) is 4.79 Å². The minimum atomic E-state index is -0.427. The lowest BCUT2D eigenvalue weighted by Gasteiger charge is -2.03. The van der Waals surface area contributed by atoms with Crippen molar-refractivity contribution >= 4 is 5.91 Å². The van der Waals surface area contributed by atoms with Crippen molar-refractivity contribution in [2.75, 3.05) is 0 Å². The first kappa shape index (κ1) is 12.3. The molecule has 1 heterocycles. The molecule has 0 aliphatic rings. The van der Waals surface area contributed by atoms with Crippen LogP contribution in [0.15, 0.2) is 28.8 Å². The third kappa shape index (κ3) is 3.14. The summed E-state index contributed by atoms with van der Waals surface area (Å²) in [5, 5.41) is 6.84. The lowest BCUT2D eigenvalue weighted by atomic mass is 10.1. The highest BCUT2D eigenvalue weighted by atomic mass is 16.5. The highest BCUT2D eigenvalue weighted by molar-refractivity contribution is 5.92. The molecule has 0 saturated carbocycles. The fourth-order valence-corrected chi connectivity index (χ4v) is 1.56.